The number of allylic oxidation sites excluding steroid dienone is 3. The Morgan fingerprint density at radius 1 is 0.389 bits per heavy atom. The van der Waals surface area contributed by atoms with Crippen LogP contribution in [0.15, 0.2) is 24.3 Å². The van der Waals surface area contributed by atoms with Crippen molar-refractivity contribution in [2.45, 2.75) is 434 Å². The monoisotopic (exact) mass is 1280 g/mol. The number of unbranched alkanes of at least 4 members (excludes halogenated alkanes) is 50. The molecule has 0 aromatic heterocycles. The van der Waals surface area contributed by atoms with Crippen LogP contribution < -0.4 is 5.32 Å². The lowest BCUT2D eigenvalue weighted by Gasteiger charge is -2.46. The first kappa shape index (κ1) is 84.6. The molecule has 2 aliphatic heterocycles. The van der Waals surface area contributed by atoms with Crippen LogP contribution in [0, 0.1) is 0 Å². The molecule has 12 atom stereocenters. The normalized spacial score (nSPS) is 23.0. The lowest BCUT2D eigenvalue weighted by atomic mass is 9.97. The molecule has 532 valence electrons. The maximum atomic E-state index is 13.4. The van der Waals surface area contributed by atoms with Crippen LogP contribution in [-0.4, -0.2) is 140 Å². The maximum absolute atomic E-state index is 13.4. The molecule has 14 heteroatoms. The van der Waals surface area contributed by atoms with Gasteiger partial charge in [0.25, 0.3) is 0 Å². The Labute approximate surface area is 551 Å². The number of aliphatic hydroxyl groups is 8. The van der Waals surface area contributed by atoms with E-state index in [0.29, 0.717) is 12.8 Å². The highest BCUT2D eigenvalue weighted by molar-refractivity contribution is 5.76. The number of amides is 1. The molecular weight excluding hydrogens is 1130 g/mol. The molecule has 0 aliphatic carbocycles. The first-order valence-electron chi connectivity index (χ1n) is 38.6. The molecule has 2 aliphatic rings. The van der Waals surface area contributed by atoms with E-state index in [1.165, 1.54) is 295 Å². The lowest BCUT2D eigenvalue weighted by Crippen LogP contribution is -2.65. The van der Waals surface area contributed by atoms with E-state index in [-0.39, 0.29) is 18.9 Å². The molecule has 0 radical (unpaired) electrons. The van der Waals surface area contributed by atoms with Gasteiger partial charge in [0.15, 0.2) is 12.6 Å². The minimum absolute atomic E-state index is 0.240. The number of nitrogens with one attached hydrogen (secondary N) is 1. The van der Waals surface area contributed by atoms with E-state index in [1.54, 1.807) is 6.08 Å². The van der Waals surface area contributed by atoms with Crippen molar-refractivity contribution in [2.24, 2.45) is 0 Å². The van der Waals surface area contributed by atoms with Gasteiger partial charge in [-0.15, -0.1) is 0 Å². The Morgan fingerprint density at radius 2 is 0.711 bits per heavy atom. The molecule has 9 N–H and O–H groups in total. The van der Waals surface area contributed by atoms with Crippen LogP contribution >= 0.6 is 0 Å². The summed E-state index contributed by atoms with van der Waals surface area (Å²) in [6.07, 6.45) is 61.2. The minimum Gasteiger partial charge on any atom is -0.394 e. The molecule has 1 amide bonds. The van der Waals surface area contributed by atoms with Crippen molar-refractivity contribution in [3.8, 4) is 0 Å². The fraction of sp³-hybridized carbons (Fsp3) is 0.934. The molecule has 90 heavy (non-hydrogen) atoms. The summed E-state index contributed by atoms with van der Waals surface area (Å²) < 4.78 is 22.9. The molecule has 2 saturated heterocycles. The third kappa shape index (κ3) is 44.3. The predicted molar refractivity (Wildman–Crippen MR) is 369 cm³/mol. The highest BCUT2D eigenvalue weighted by Crippen LogP contribution is 2.30. The second kappa shape index (κ2) is 61.1. The maximum Gasteiger partial charge on any atom is 0.220 e. The largest absolute Gasteiger partial charge is 0.394 e. The van der Waals surface area contributed by atoms with Crippen molar-refractivity contribution in [1.82, 2.24) is 5.32 Å². The Hall–Kier alpha value is -1.53. The van der Waals surface area contributed by atoms with Crippen molar-refractivity contribution in [2.75, 3.05) is 19.8 Å². The summed E-state index contributed by atoms with van der Waals surface area (Å²) in [5, 5.41) is 87.5. The molecule has 2 rings (SSSR count). The number of carbonyl (C=O) groups excluding carboxylic acids is 1. The molecule has 0 saturated carbocycles. The molecule has 0 spiro atoms. The Bertz CT molecular complexity index is 1600. The van der Waals surface area contributed by atoms with Crippen LogP contribution in [0.25, 0.3) is 0 Å². The van der Waals surface area contributed by atoms with Gasteiger partial charge in [0.2, 0.25) is 5.91 Å². The Morgan fingerprint density at radius 3 is 1.09 bits per heavy atom. The van der Waals surface area contributed by atoms with Gasteiger partial charge in [-0.3, -0.25) is 4.79 Å². The van der Waals surface area contributed by atoms with E-state index in [2.05, 4.69) is 31.3 Å². The Balaban J connectivity index is 1.62. The quantitative estimate of drug-likeness (QED) is 0.0204. The summed E-state index contributed by atoms with van der Waals surface area (Å²) in [6, 6.07) is -0.930. The van der Waals surface area contributed by atoms with E-state index in [4.69, 9.17) is 18.9 Å². The van der Waals surface area contributed by atoms with Crippen molar-refractivity contribution in [3.05, 3.63) is 24.3 Å². The average Bonchev–Trinajstić information content (AvgIpc) is 1.42. The number of hydrogen-bond acceptors (Lipinski definition) is 13. The fourth-order valence-electron chi connectivity index (χ4n) is 13.0. The second-order valence-electron chi connectivity index (χ2n) is 27.5. The number of rotatable bonds is 65. The van der Waals surface area contributed by atoms with Crippen LogP contribution in [-0.2, 0) is 23.7 Å². The summed E-state index contributed by atoms with van der Waals surface area (Å²) in [7, 11) is 0. The second-order valence-corrected chi connectivity index (χ2v) is 27.5. The number of carbonyl (C=O) groups is 1. The highest BCUT2D eigenvalue weighted by Gasteiger charge is 2.51. The van der Waals surface area contributed by atoms with Gasteiger partial charge in [0, 0.05) is 6.42 Å². The molecular formula is C76H145NO13. The zero-order chi connectivity index (χ0) is 65.2. The molecule has 12 unspecified atom stereocenters. The van der Waals surface area contributed by atoms with E-state index >= 15 is 0 Å². The molecule has 2 fully saturated rings. The van der Waals surface area contributed by atoms with Gasteiger partial charge in [0.1, 0.15) is 48.8 Å². The van der Waals surface area contributed by atoms with E-state index in [9.17, 15) is 45.6 Å². The van der Waals surface area contributed by atoms with Crippen molar-refractivity contribution < 1.29 is 64.6 Å². The first-order chi connectivity index (χ1) is 44.1. The summed E-state index contributed by atoms with van der Waals surface area (Å²) >= 11 is 0. The van der Waals surface area contributed by atoms with Crippen molar-refractivity contribution in [3.63, 3.8) is 0 Å². The molecule has 14 nitrogen and oxygen atoms in total. The van der Waals surface area contributed by atoms with Crippen LogP contribution in [0.4, 0.5) is 0 Å². The van der Waals surface area contributed by atoms with Crippen LogP contribution in [0.5, 0.6) is 0 Å². The van der Waals surface area contributed by atoms with Crippen molar-refractivity contribution in [1.29, 1.82) is 0 Å². The molecule has 0 aromatic rings. The van der Waals surface area contributed by atoms with Gasteiger partial charge in [-0.1, -0.05) is 346 Å². The topological polar surface area (TPSA) is 228 Å². The van der Waals surface area contributed by atoms with Gasteiger partial charge in [-0.2, -0.15) is 0 Å². The smallest absolute Gasteiger partial charge is 0.220 e. The van der Waals surface area contributed by atoms with E-state index in [1.807, 2.05) is 6.08 Å². The van der Waals surface area contributed by atoms with Gasteiger partial charge in [-0.05, 0) is 32.1 Å². The molecule has 2 heterocycles. The first-order valence-corrected chi connectivity index (χ1v) is 38.6. The minimum atomic E-state index is -1.79. The van der Waals surface area contributed by atoms with E-state index in [0.717, 1.165) is 32.1 Å². The third-order valence-corrected chi connectivity index (χ3v) is 19.1. The van der Waals surface area contributed by atoms with Gasteiger partial charge in [-0.25, -0.2) is 0 Å². The summed E-state index contributed by atoms with van der Waals surface area (Å²) in [5.74, 6) is -0.240. The zero-order valence-corrected chi connectivity index (χ0v) is 58.2. The van der Waals surface area contributed by atoms with Crippen molar-refractivity contribution >= 4 is 5.91 Å². The summed E-state index contributed by atoms with van der Waals surface area (Å²) in [5.41, 5.74) is 0. The predicted octanol–water partition coefficient (Wildman–Crippen LogP) is 16.7. The number of ether oxygens (including phenoxy) is 4. The summed E-state index contributed by atoms with van der Waals surface area (Å²) in [4.78, 5) is 13.4. The summed E-state index contributed by atoms with van der Waals surface area (Å²) in [6.45, 7) is 2.85. The SMILES string of the molecule is CCCCCCCCCCCCCCCCCC/C=C/CC/C=C/C(O)C(COC1OC(CO)C(OC2OC(CO)C(O)C(O)C2O)C(O)C1O)NC(=O)CCCCCCCCCCCCCCCCCCCCCCCCCCCCCCCCCCCC. The molecule has 0 aromatic carbocycles. The van der Waals surface area contributed by atoms with Crippen LogP contribution in [0.2, 0.25) is 0 Å². The molecule has 0 bridgehead atoms. The zero-order valence-electron chi connectivity index (χ0n) is 58.2. The standard InChI is InChI=1S/C76H145NO13/c1-3-5-7-9-11-13-15-17-19-21-23-25-27-28-29-30-31-32-33-34-35-36-37-38-40-42-44-46-48-50-52-54-56-58-60-68(81)77-64(63-87-75-73(86)71(84)74(67(62-79)89-75)90-76-72(85)70(83)69(82)66(61-78)88-76)65(80)59-57-55-53-51-49-47-45-43-41-39-26-24-22-20-18-16-14-12-10-8-6-4-2/h49,51,57,59,64-67,69-76,78-80,82-86H,3-48,50,52-56,58,60-63H2,1-2H3,(H,77,81)/b51-49+,59-57+. The van der Waals surface area contributed by atoms with Crippen LogP contribution in [0.1, 0.15) is 361 Å². The third-order valence-electron chi connectivity index (χ3n) is 19.1. The van der Waals surface area contributed by atoms with E-state index < -0.39 is 86.8 Å². The van der Waals surface area contributed by atoms with Gasteiger partial charge < -0.3 is 65.1 Å². The van der Waals surface area contributed by atoms with Gasteiger partial charge in [0.05, 0.1) is 32.0 Å². The fourth-order valence-corrected chi connectivity index (χ4v) is 13.0. The van der Waals surface area contributed by atoms with Gasteiger partial charge >= 0.3 is 0 Å². The number of aliphatic hydroxyl groups excluding tert-OH is 8. The average molecular weight is 1280 g/mol. The highest BCUT2D eigenvalue weighted by atomic mass is 16.7. The van der Waals surface area contributed by atoms with Crippen LogP contribution in [0.3, 0.4) is 0 Å². The Kier molecular flexibility index (Phi) is 57.4. The lowest BCUT2D eigenvalue weighted by molar-refractivity contribution is -0.359. The number of hydrogen-bond donors (Lipinski definition) is 9.